The van der Waals surface area contributed by atoms with Crippen LogP contribution in [-0.2, 0) is 11.2 Å². The molecule has 1 aliphatic rings. The number of carbonyl (C=O) groups is 1. The Bertz CT molecular complexity index is 399. The van der Waals surface area contributed by atoms with Crippen LogP contribution in [0.3, 0.4) is 0 Å². The van der Waals surface area contributed by atoms with Crippen molar-refractivity contribution >= 4 is 5.91 Å². The van der Waals surface area contributed by atoms with Crippen molar-refractivity contribution in [3.05, 3.63) is 35.9 Å². The largest absolute Gasteiger partial charge is 0.352 e. The van der Waals surface area contributed by atoms with Gasteiger partial charge in [-0.05, 0) is 30.7 Å². The van der Waals surface area contributed by atoms with Crippen LogP contribution in [0, 0.1) is 5.92 Å². The lowest BCUT2D eigenvalue weighted by molar-refractivity contribution is -0.122. The molecule has 0 bridgehead atoms. The van der Waals surface area contributed by atoms with E-state index < -0.39 is 0 Å². The second kappa shape index (κ2) is 8.05. The van der Waals surface area contributed by atoms with E-state index in [1.807, 2.05) is 18.2 Å². The Morgan fingerprint density at radius 3 is 2.55 bits per heavy atom. The smallest absolute Gasteiger partial charge is 0.220 e. The van der Waals surface area contributed by atoms with Crippen molar-refractivity contribution in [2.24, 2.45) is 11.7 Å². The lowest BCUT2D eigenvalue weighted by Crippen LogP contribution is -2.45. The van der Waals surface area contributed by atoms with E-state index in [0.717, 1.165) is 6.42 Å². The maximum atomic E-state index is 12.1. The number of benzene rings is 1. The number of hydrogen-bond donors (Lipinski definition) is 2. The molecule has 20 heavy (non-hydrogen) atoms. The van der Waals surface area contributed by atoms with Crippen molar-refractivity contribution in [2.75, 3.05) is 6.54 Å². The first-order valence-corrected chi connectivity index (χ1v) is 7.83. The van der Waals surface area contributed by atoms with Gasteiger partial charge in [-0.25, -0.2) is 0 Å². The van der Waals surface area contributed by atoms with Gasteiger partial charge < -0.3 is 11.1 Å². The zero-order valence-electron chi connectivity index (χ0n) is 12.2. The minimum absolute atomic E-state index is 0.134. The fourth-order valence-electron chi connectivity index (χ4n) is 3.09. The third-order valence-electron chi connectivity index (χ3n) is 4.30. The first-order valence-electron chi connectivity index (χ1n) is 7.83. The molecule has 0 aromatic heterocycles. The Morgan fingerprint density at radius 1 is 1.20 bits per heavy atom. The summed E-state index contributed by atoms with van der Waals surface area (Å²) in [6.07, 6.45) is 7.65. The van der Waals surface area contributed by atoms with Crippen molar-refractivity contribution in [1.29, 1.82) is 0 Å². The minimum atomic E-state index is 0.134. The molecule has 3 heteroatoms. The molecule has 1 saturated carbocycles. The summed E-state index contributed by atoms with van der Waals surface area (Å²) in [6.45, 7) is 0.557. The number of amides is 1. The molecule has 1 atom stereocenters. The summed E-state index contributed by atoms with van der Waals surface area (Å²) in [4.78, 5) is 12.1. The van der Waals surface area contributed by atoms with Crippen LogP contribution in [0.5, 0.6) is 0 Å². The highest BCUT2D eigenvalue weighted by atomic mass is 16.1. The standard InChI is InChI=1S/C17H26N2O/c18-13-16(15-9-5-2-6-10-15)19-17(20)12-11-14-7-3-1-4-8-14/h1,3-4,7-8,15-16H,2,5-6,9-13,18H2,(H,19,20). The summed E-state index contributed by atoms with van der Waals surface area (Å²) in [5, 5.41) is 3.14. The average Bonchev–Trinajstić information content (AvgIpc) is 2.52. The first-order chi connectivity index (χ1) is 9.79. The lowest BCUT2D eigenvalue weighted by atomic mass is 9.84. The van der Waals surface area contributed by atoms with Crippen molar-refractivity contribution in [3.63, 3.8) is 0 Å². The number of nitrogens with two attached hydrogens (primary N) is 1. The van der Waals surface area contributed by atoms with E-state index in [9.17, 15) is 4.79 Å². The highest BCUT2D eigenvalue weighted by Crippen LogP contribution is 2.26. The molecule has 1 fully saturated rings. The second-order valence-corrected chi connectivity index (χ2v) is 5.79. The molecule has 1 aromatic rings. The van der Waals surface area contributed by atoms with E-state index in [1.54, 1.807) is 0 Å². The predicted octanol–water partition coefficient (Wildman–Crippen LogP) is 2.64. The summed E-state index contributed by atoms with van der Waals surface area (Å²) in [5.41, 5.74) is 7.06. The van der Waals surface area contributed by atoms with Gasteiger partial charge in [-0.2, -0.15) is 0 Å². The van der Waals surface area contributed by atoms with Crippen LogP contribution in [-0.4, -0.2) is 18.5 Å². The molecule has 1 unspecified atom stereocenters. The highest BCUT2D eigenvalue weighted by molar-refractivity contribution is 5.76. The zero-order chi connectivity index (χ0) is 14.2. The average molecular weight is 274 g/mol. The molecule has 0 spiro atoms. The molecule has 0 aliphatic heterocycles. The summed E-state index contributed by atoms with van der Waals surface area (Å²) in [7, 11) is 0. The monoisotopic (exact) mass is 274 g/mol. The minimum Gasteiger partial charge on any atom is -0.352 e. The molecule has 2 rings (SSSR count). The Hall–Kier alpha value is -1.35. The molecule has 0 heterocycles. The third kappa shape index (κ3) is 4.64. The van der Waals surface area contributed by atoms with Gasteiger partial charge in [0.15, 0.2) is 0 Å². The second-order valence-electron chi connectivity index (χ2n) is 5.79. The van der Waals surface area contributed by atoms with Crippen LogP contribution in [0.15, 0.2) is 30.3 Å². The number of aryl methyl sites for hydroxylation is 1. The Labute approximate surface area is 121 Å². The van der Waals surface area contributed by atoms with E-state index in [0.29, 0.717) is 18.9 Å². The van der Waals surface area contributed by atoms with Gasteiger partial charge in [-0.1, -0.05) is 49.6 Å². The first kappa shape index (κ1) is 15.0. The van der Waals surface area contributed by atoms with Crippen LogP contribution in [0.4, 0.5) is 0 Å². The summed E-state index contributed by atoms with van der Waals surface area (Å²) < 4.78 is 0. The summed E-state index contributed by atoms with van der Waals surface area (Å²) >= 11 is 0. The van der Waals surface area contributed by atoms with E-state index >= 15 is 0 Å². The third-order valence-corrected chi connectivity index (χ3v) is 4.30. The molecule has 1 aromatic carbocycles. The highest BCUT2D eigenvalue weighted by Gasteiger charge is 2.23. The van der Waals surface area contributed by atoms with Crippen molar-refractivity contribution in [3.8, 4) is 0 Å². The van der Waals surface area contributed by atoms with Crippen LogP contribution >= 0.6 is 0 Å². The lowest BCUT2D eigenvalue weighted by Gasteiger charge is -2.30. The Balaban J connectivity index is 1.77. The Morgan fingerprint density at radius 2 is 1.90 bits per heavy atom. The fourth-order valence-corrected chi connectivity index (χ4v) is 3.09. The normalized spacial score (nSPS) is 17.6. The van der Waals surface area contributed by atoms with Gasteiger partial charge in [0, 0.05) is 19.0 Å². The summed E-state index contributed by atoms with van der Waals surface area (Å²) in [5.74, 6) is 0.712. The topological polar surface area (TPSA) is 55.1 Å². The quantitative estimate of drug-likeness (QED) is 0.838. The van der Waals surface area contributed by atoms with Crippen LogP contribution in [0.2, 0.25) is 0 Å². The van der Waals surface area contributed by atoms with Gasteiger partial charge in [0.05, 0.1) is 0 Å². The van der Waals surface area contributed by atoms with Gasteiger partial charge in [-0.3, -0.25) is 4.79 Å². The number of rotatable bonds is 6. The summed E-state index contributed by atoms with van der Waals surface area (Å²) in [6, 6.07) is 10.3. The van der Waals surface area contributed by atoms with E-state index in [2.05, 4.69) is 17.4 Å². The maximum absolute atomic E-state index is 12.1. The van der Waals surface area contributed by atoms with Crippen molar-refractivity contribution in [2.45, 2.75) is 51.0 Å². The molecular weight excluding hydrogens is 248 g/mol. The predicted molar refractivity (Wildman–Crippen MR) is 82.3 cm³/mol. The van der Waals surface area contributed by atoms with Crippen molar-refractivity contribution in [1.82, 2.24) is 5.32 Å². The Kier molecular flexibility index (Phi) is 6.06. The molecule has 110 valence electrons. The number of hydrogen-bond acceptors (Lipinski definition) is 2. The fraction of sp³-hybridized carbons (Fsp3) is 0.588. The molecule has 0 saturated heterocycles. The molecule has 3 N–H and O–H groups in total. The van der Waals surface area contributed by atoms with Crippen molar-refractivity contribution < 1.29 is 4.79 Å². The van der Waals surface area contributed by atoms with Crippen LogP contribution < -0.4 is 11.1 Å². The SMILES string of the molecule is NCC(NC(=O)CCc1ccccc1)C1CCCCC1. The van der Waals surface area contributed by atoms with E-state index in [1.165, 1.54) is 37.7 Å². The van der Waals surface area contributed by atoms with E-state index in [4.69, 9.17) is 5.73 Å². The molecule has 1 aliphatic carbocycles. The molecule has 1 amide bonds. The van der Waals surface area contributed by atoms with Gasteiger partial charge >= 0.3 is 0 Å². The maximum Gasteiger partial charge on any atom is 0.220 e. The van der Waals surface area contributed by atoms with Gasteiger partial charge in [0.2, 0.25) is 5.91 Å². The van der Waals surface area contributed by atoms with Gasteiger partial charge in [-0.15, -0.1) is 0 Å². The van der Waals surface area contributed by atoms with Gasteiger partial charge in [0.25, 0.3) is 0 Å². The zero-order valence-corrected chi connectivity index (χ0v) is 12.2. The molecular formula is C17H26N2O. The van der Waals surface area contributed by atoms with Crippen LogP contribution in [0.1, 0.15) is 44.1 Å². The van der Waals surface area contributed by atoms with Gasteiger partial charge in [0.1, 0.15) is 0 Å². The molecule has 3 nitrogen and oxygen atoms in total. The number of carbonyl (C=O) groups excluding carboxylic acids is 1. The number of nitrogens with one attached hydrogen (secondary N) is 1. The van der Waals surface area contributed by atoms with Crippen LogP contribution in [0.25, 0.3) is 0 Å². The van der Waals surface area contributed by atoms with E-state index in [-0.39, 0.29) is 11.9 Å². The molecule has 0 radical (unpaired) electrons.